The van der Waals surface area contributed by atoms with Crippen LogP contribution in [-0.2, 0) is 6.54 Å². The number of aromatic nitrogens is 1. The third kappa shape index (κ3) is 3.62. The molecule has 5 rings (SSSR count). The lowest BCUT2D eigenvalue weighted by Crippen LogP contribution is -2.47. The first-order valence-corrected chi connectivity index (χ1v) is 9.66. The number of carbonyl (C=O) groups excluding carboxylic acids is 1. The van der Waals surface area contributed by atoms with Crippen LogP contribution in [0.5, 0.6) is 0 Å². The van der Waals surface area contributed by atoms with Crippen LogP contribution in [0.1, 0.15) is 34.3 Å². The molecule has 3 saturated heterocycles. The Bertz CT molecular complexity index is 795. The van der Waals surface area contributed by atoms with Gasteiger partial charge in [-0.2, -0.15) is 0 Å². The zero-order valence-electron chi connectivity index (χ0n) is 15.1. The summed E-state index contributed by atoms with van der Waals surface area (Å²) in [5, 5.41) is 0.680. The number of amides is 1. The summed E-state index contributed by atoms with van der Waals surface area (Å²) in [6.07, 6.45) is 6.04. The number of rotatable bonds is 3. The van der Waals surface area contributed by atoms with Crippen molar-refractivity contribution in [3.63, 3.8) is 0 Å². The molecule has 0 N–H and O–H groups in total. The number of aryl methyl sites for hydroxylation is 1. The maximum atomic E-state index is 13.2. The van der Waals surface area contributed by atoms with Crippen molar-refractivity contribution in [2.75, 3.05) is 19.6 Å². The first kappa shape index (κ1) is 17.5. The van der Waals surface area contributed by atoms with E-state index in [2.05, 4.69) is 20.9 Å². The number of fused-ring (bicyclic) bond motifs is 4. The maximum absolute atomic E-state index is 13.2. The summed E-state index contributed by atoms with van der Waals surface area (Å²) >= 11 is 6.06. The number of hydrogen-bond acceptors (Lipinski definition) is 3. The van der Waals surface area contributed by atoms with E-state index in [0.717, 1.165) is 43.7 Å². The number of pyridine rings is 1. The largest absolute Gasteiger partial charge is 0.334 e. The van der Waals surface area contributed by atoms with Crippen LogP contribution in [0.25, 0.3) is 0 Å². The van der Waals surface area contributed by atoms with Crippen molar-refractivity contribution in [2.45, 2.75) is 32.4 Å². The van der Waals surface area contributed by atoms with Crippen LogP contribution in [0.3, 0.4) is 0 Å². The molecular formula is C21H24ClN3O. The van der Waals surface area contributed by atoms with E-state index < -0.39 is 0 Å². The van der Waals surface area contributed by atoms with Crippen LogP contribution in [0.4, 0.5) is 0 Å². The van der Waals surface area contributed by atoms with Gasteiger partial charge in [0.2, 0.25) is 0 Å². The number of nitrogens with zero attached hydrogens (tertiary/aromatic N) is 3. The van der Waals surface area contributed by atoms with E-state index in [1.807, 2.05) is 43.6 Å². The minimum Gasteiger partial charge on any atom is -0.334 e. The zero-order chi connectivity index (χ0) is 18.1. The molecule has 4 heterocycles. The third-order valence-corrected chi connectivity index (χ3v) is 5.83. The summed E-state index contributed by atoms with van der Waals surface area (Å²) in [5.41, 5.74) is 2.97. The van der Waals surface area contributed by atoms with Crippen LogP contribution in [0, 0.1) is 12.8 Å². The van der Waals surface area contributed by atoms with Gasteiger partial charge in [0.05, 0.1) is 0 Å². The molecular weight excluding hydrogens is 346 g/mol. The summed E-state index contributed by atoms with van der Waals surface area (Å²) in [6.45, 7) is 5.71. The Morgan fingerprint density at radius 2 is 2.12 bits per heavy atom. The Morgan fingerprint density at radius 1 is 1.23 bits per heavy atom. The van der Waals surface area contributed by atoms with Gasteiger partial charge in [-0.3, -0.25) is 14.7 Å². The van der Waals surface area contributed by atoms with Crippen LogP contribution < -0.4 is 0 Å². The molecule has 2 bridgehead atoms. The van der Waals surface area contributed by atoms with Gasteiger partial charge in [-0.15, -0.1) is 0 Å². The molecule has 26 heavy (non-hydrogen) atoms. The summed E-state index contributed by atoms with van der Waals surface area (Å²) < 4.78 is 0. The summed E-state index contributed by atoms with van der Waals surface area (Å²) in [6, 6.07) is 9.95. The summed E-state index contributed by atoms with van der Waals surface area (Å²) in [5.74, 6) is 0.694. The van der Waals surface area contributed by atoms with Crippen LogP contribution in [0.15, 0.2) is 42.7 Å². The average molecular weight is 370 g/mol. The van der Waals surface area contributed by atoms with E-state index in [9.17, 15) is 4.79 Å². The van der Waals surface area contributed by atoms with Gasteiger partial charge in [-0.05, 0) is 61.1 Å². The first-order chi connectivity index (χ1) is 12.6. The second kappa shape index (κ2) is 7.37. The lowest BCUT2D eigenvalue weighted by molar-refractivity contribution is 0.0584. The summed E-state index contributed by atoms with van der Waals surface area (Å²) in [4.78, 5) is 22.0. The van der Waals surface area contributed by atoms with E-state index in [4.69, 9.17) is 11.6 Å². The van der Waals surface area contributed by atoms with Crippen molar-refractivity contribution < 1.29 is 4.79 Å². The smallest absolute Gasteiger partial charge is 0.254 e. The number of carbonyl (C=O) groups is 1. The van der Waals surface area contributed by atoms with Crippen molar-refractivity contribution in [3.05, 3.63) is 64.4 Å². The Morgan fingerprint density at radius 3 is 2.88 bits per heavy atom. The van der Waals surface area contributed by atoms with Crippen molar-refractivity contribution in [1.82, 2.24) is 14.8 Å². The van der Waals surface area contributed by atoms with E-state index in [1.165, 1.54) is 12.0 Å². The van der Waals surface area contributed by atoms with E-state index in [1.54, 1.807) is 0 Å². The fourth-order valence-electron chi connectivity index (χ4n) is 4.33. The van der Waals surface area contributed by atoms with Gasteiger partial charge < -0.3 is 4.90 Å². The number of piperidine rings is 1. The van der Waals surface area contributed by atoms with Crippen LogP contribution in [0.2, 0.25) is 5.02 Å². The Kier molecular flexibility index (Phi) is 4.96. The predicted octanol–water partition coefficient (Wildman–Crippen LogP) is 3.78. The van der Waals surface area contributed by atoms with Crippen molar-refractivity contribution in [2.24, 2.45) is 5.92 Å². The van der Waals surface area contributed by atoms with E-state index in [0.29, 0.717) is 10.9 Å². The molecule has 2 atom stereocenters. The molecule has 0 aliphatic carbocycles. The van der Waals surface area contributed by atoms with Gasteiger partial charge in [0.25, 0.3) is 5.91 Å². The highest BCUT2D eigenvalue weighted by molar-refractivity contribution is 6.30. The van der Waals surface area contributed by atoms with Gasteiger partial charge in [0.15, 0.2) is 0 Å². The molecule has 1 aromatic carbocycles. The second-order valence-corrected chi connectivity index (χ2v) is 8.01. The van der Waals surface area contributed by atoms with Crippen molar-refractivity contribution in [1.29, 1.82) is 0 Å². The molecule has 0 radical (unpaired) electrons. The molecule has 4 nitrogen and oxygen atoms in total. The van der Waals surface area contributed by atoms with Crippen LogP contribution >= 0.6 is 11.6 Å². The second-order valence-electron chi connectivity index (χ2n) is 7.57. The lowest BCUT2D eigenvalue weighted by Gasteiger charge is -2.36. The van der Waals surface area contributed by atoms with E-state index in [-0.39, 0.29) is 11.9 Å². The fraction of sp³-hybridized carbons (Fsp3) is 0.429. The van der Waals surface area contributed by atoms with E-state index >= 15 is 0 Å². The van der Waals surface area contributed by atoms with Crippen LogP contribution in [-0.4, -0.2) is 46.4 Å². The number of halogens is 1. The molecule has 5 heteroatoms. The SMILES string of the molecule is Cc1cc(Cl)ccc1C(=O)N1CC2CCC1CN(Cc1cccnc1)C2. The molecule has 0 saturated carbocycles. The van der Waals surface area contributed by atoms with Crippen molar-refractivity contribution >= 4 is 17.5 Å². The molecule has 3 aliphatic rings. The van der Waals surface area contributed by atoms with Gasteiger partial charge in [0.1, 0.15) is 0 Å². The molecule has 1 amide bonds. The highest BCUT2D eigenvalue weighted by Crippen LogP contribution is 2.30. The Balaban J connectivity index is 1.52. The third-order valence-electron chi connectivity index (χ3n) is 5.60. The first-order valence-electron chi connectivity index (χ1n) is 9.28. The quantitative estimate of drug-likeness (QED) is 0.826. The molecule has 1 aromatic heterocycles. The standard InChI is InChI=1S/C21H24ClN3O/c1-15-9-18(22)5-7-20(15)21(26)25-13-17-4-6-19(25)14-24(12-17)11-16-3-2-8-23-10-16/h2-3,5,7-10,17,19H,4,6,11-14H2,1H3. The minimum atomic E-state index is 0.150. The lowest BCUT2D eigenvalue weighted by atomic mass is 9.94. The maximum Gasteiger partial charge on any atom is 0.254 e. The zero-order valence-corrected chi connectivity index (χ0v) is 15.8. The number of hydrogen-bond donors (Lipinski definition) is 0. The average Bonchev–Trinajstić information content (AvgIpc) is 2.92. The molecule has 0 spiro atoms. The molecule has 3 fully saturated rings. The van der Waals surface area contributed by atoms with Gasteiger partial charge in [-0.1, -0.05) is 17.7 Å². The van der Waals surface area contributed by atoms with Gasteiger partial charge in [0, 0.05) is 55.2 Å². The van der Waals surface area contributed by atoms with Gasteiger partial charge >= 0.3 is 0 Å². The topological polar surface area (TPSA) is 36.4 Å². The van der Waals surface area contributed by atoms with Crippen molar-refractivity contribution in [3.8, 4) is 0 Å². The fourth-order valence-corrected chi connectivity index (χ4v) is 4.56. The Labute approximate surface area is 159 Å². The molecule has 136 valence electrons. The summed E-state index contributed by atoms with van der Waals surface area (Å²) in [7, 11) is 0. The monoisotopic (exact) mass is 369 g/mol. The Hall–Kier alpha value is -1.91. The highest BCUT2D eigenvalue weighted by atomic mass is 35.5. The molecule has 2 unspecified atom stereocenters. The number of benzene rings is 1. The molecule has 3 aliphatic heterocycles. The highest BCUT2D eigenvalue weighted by Gasteiger charge is 2.37. The molecule has 2 aromatic rings. The predicted molar refractivity (Wildman–Crippen MR) is 103 cm³/mol. The van der Waals surface area contributed by atoms with Gasteiger partial charge in [-0.25, -0.2) is 0 Å². The normalized spacial score (nSPS) is 23.1. The minimum absolute atomic E-state index is 0.150.